The minimum atomic E-state index is -3.56. The van der Waals surface area contributed by atoms with Crippen LogP contribution in [0.25, 0.3) is 11.1 Å². The second kappa shape index (κ2) is 10.5. The second-order valence-electron chi connectivity index (χ2n) is 7.62. The Balaban J connectivity index is 1.57. The van der Waals surface area contributed by atoms with Crippen molar-refractivity contribution < 1.29 is 13.2 Å². The van der Waals surface area contributed by atoms with Crippen LogP contribution in [0.5, 0.6) is 0 Å². The highest BCUT2D eigenvalue weighted by atomic mass is 32.2. The Morgan fingerprint density at radius 1 is 0.875 bits per heavy atom. The lowest BCUT2D eigenvalue weighted by atomic mass is 10.0. The standard InChI is InChI=1S/C24H25N3O3S2/c1-17(2)16-25-32(29,30)22-14-12-21(13-15-22)26-24(31)27-23(28)20-10-8-19(9-11-20)18-6-4-3-5-7-18/h3-15,17,25H,16H2,1-2H3,(H2,26,27,28,31). The van der Waals surface area contributed by atoms with Crippen LogP contribution in [-0.2, 0) is 10.0 Å². The van der Waals surface area contributed by atoms with Crippen molar-refractivity contribution in [2.45, 2.75) is 18.7 Å². The van der Waals surface area contributed by atoms with Crippen molar-refractivity contribution in [2.75, 3.05) is 11.9 Å². The first kappa shape index (κ1) is 23.6. The van der Waals surface area contributed by atoms with Gasteiger partial charge in [0.2, 0.25) is 10.0 Å². The smallest absolute Gasteiger partial charge is 0.257 e. The number of carbonyl (C=O) groups excluding carboxylic acids is 1. The zero-order valence-corrected chi connectivity index (χ0v) is 19.5. The first-order valence-electron chi connectivity index (χ1n) is 10.1. The topological polar surface area (TPSA) is 87.3 Å². The summed E-state index contributed by atoms with van der Waals surface area (Å²) >= 11 is 5.22. The second-order valence-corrected chi connectivity index (χ2v) is 9.80. The average Bonchev–Trinajstić information content (AvgIpc) is 2.79. The molecule has 0 spiro atoms. The number of benzene rings is 3. The summed E-state index contributed by atoms with van der Waals surface area (Å²) in [7, 11) is -3.56. The van der Waals surface area contributed by atoms with Gasteiger partial charge in [-0.1, -0.05) is 56.3 Å². The van der Waals surface area contributed by atoms with Gasteiger partial charge in [-0.25, -0.2) is 13.1 Å². The molecule has 0 aliphatic heterocycles. The Morgan fingerprint density at radius 2 is 1.47 bits per heavy atom. The lowest BCUT2D eigenvalue weighted by Gasteiger charge is -2.12. The molecule has 0 fully saturated rings. The third kappa shape index (κ3) is 6.46. The van der Waals surface area contributed by atoms with E-state index in [1.165, 1.54) is 12.1 Å². The van der Waals surface area contributed by atoms with Gasteiger partial charge < -0.3 is 5.32 Å². The third-order valence-corrected chi connectivity index (χ3v) is 6.23. The van der Waals surface area contributed by atoms with Crippen LogP contribution in [0.2, 0.25) is 0 Å². The number of nitrogens with one attached hydrogen (secondary N) is 3. The van der Waals surface area contributed by atoms with E-state index in [1.807, 2.05) is 56.3 Å². The summed E-state index contributed by atoms with van der Waals surface area (Å²) in [4.78, 5) is 12.6. The Labute approximate surface area is 194 Å². The van der Waals surface area contributed by atoms with Gasteiger partial charge in [-0.15, -0.1) is 0 Å². The highest BCUT2D eigenvalue weighted by Gasteiger charge is 2.14. The van der Waals surface area contributed by atoms with Gasteiger partial charge in [-0.2, -0.15) is 0 Å². The molecule has 3 N–H and O–H groups in total. The van der Waals surface area contributed by atoms with Gasteiger partial charge in [0.15, 0.2) is 5.11 Å². The monoisotopic (exact) mass is 467 g/mol. The van der Waals surface area contributed by atoms with Crippen LogP contribution < -0.4 is 15.4 Å². The molecule has 3 rings (SSSR count). The molecule has 0 heterocycles. The van der Waals surface area contributed by atoms with Gasteiger partial charge in [0.25, 0.3) is 5.91 Å². The van der Waals surface area contributed by atoms with Gasteiger partial charge >= 0.3 is 0 Å². The number of carbonyl (C=O) groups is 1. The molecule has 6 nitrogen and oxygen atoms in total. The van der Waals surface area contributed by atoms with E-state index in [0.29, 0.717) is 17.8 Å². The maximum atomic E-state index is 12.5. The van der Waals surface area contributed by atoms with E-state index in [-0.39, 0.29) is 21.8 Å². The summed E-state index contributed by atoms with van der Waals surface area (Å²) in [5.74, 6) is -0.125. The molecule has 0 atom stereocenters. The van der Waals surface area contributed by atoms with Crippen molar-refractivity contribution >= 4 is 38.9 Å². The van der Waals surface area contributed by atoms with Crippen molar-refractivity contribution in [3.05, 3.63) is 84.4 Å². The van der Waals surface area contributed by atoms with Crippen LogP contribution in [0, 0.1) is 5.92 Å². The van der Waals surface area contributed by atoms with E-state index in [4.69, 9.17) is 12.2 Å². The largest absolute Gasteiger partial charge is 0.332 e. The van der Waals surface area contributed by atoms with Crippen molar-refractivity contribution in [1.82, 2.24) is 10.0 Å². The molecule has 166 valence electrons. The SMILES string of the molecule is CC(C)CNS(=O)(=O)c1ccc(NC(=S)NC(=O)c2ccc(-c3ccccc3)cc2)cc1. The highest BCUT2D eigenvalue weighted by molar-refractivity contribution is 7.89. The molecule has 8 heteroatoms. The Hall–Kier alpha value is -3.07. The quantitative estimate of drug-likeness (QED) is 0.448. The maximum absolute atomic E-state index is 12.5. The lowest BCUT2D eigenvalue weighted by molar-refractivity contribution is 0.0977. The number of thiocarbonyl (C=S) groups is 1. The molecule has 0 aliphatic rings. The average molecular weight is 468 g/mol. The first-order chi connectivity index (χ1) is 15.2. The van der Waals surface area contributed by atoms with Crippen molar-refractivity contribution in [3.8, 4) is 11.1 Å². The summed E-state index contributed by atoms with van der Waals surface area (Å²) in [6, 6.07) is 23.3. The molecule has 3 aromatic rings. The molecule has 32 heavy (non-hydrogen) atoms. The van der Waals surface area contributed by atoms with E-state index in [9.17, 15) is 13.2 Å². The van der Waals surface area contributed by atoms with Crippen LogP contribution in [0.3, 0.4) is 0 Å². The Morgan fingerprint density at radius 3 is 2.06 bits per heavy atom. The summed E-state index contributed by atoms with van der Waals surface area (Å²) in [5.41, 5.74) is 3.13. The zero-order valence-electron chi connectivity index (χ0n) is 17.8. The first-order valence-corrected chi connectivity index (χ1v) is 12.0. The predicted octanol–water partition coefficient (Wildman–Crippen LogP) is 4.41. The number of hydrogen-bond donors (Lipinski definition) is 3. The molecule has 0 saturated carbocycles. The van der Waals surface area contributed by atoms with Crippen LogP contribution in [0.4, 0.5) is 5.69 Å². The highest BCUT2D eigenvalue weighted by Crippen LogP contribution is 2.19. The van der Waals surface area contributed by atoms with E-state index in [1.54, 1.807) is 24.3 Å². The van der Waals surface area contributed by atoms with Crippen LogP contribution in [-0.4, -0.2) is 26.0 Å². The fourth-order valence-electron chi connectivity index (χ4n) is 2.86. The van der Waals surface area contributed by atoms with Crippen molar-refractivity contribution in [3.63, 3.8) is 0 Å². The van der Waals surface area contributed by atoms with Crippen LogP contribution in [0.15, 0.2) is 83.8 Å². The summed E-state index contributed by atoms with van der Waals surface area (Å²) in [6.07, 6.45) is 0. The Bertz CT molecular complexity index is 1180. The van der Waals surface area contributed by atoms with E-state index < -0.39 is 10.0 Å². The number of hydrogen-bond acceptors (Lipinski definition) is 4. The molecule has 0 saturated heterocycles. The van der Waals surface area contributed by atoms with Crippen LogP contribution in [0.1, 0.15) is 24.2 Å². The van der Waals surface area contributed by atoms with E-state index >= 15 is 0 Å². The number of sulfonamides is 1. The van der Waals surface area contributed by atoms with Gasteiger partial charge in [-0.05, 0) is 65.7 Å². The molecular weight excluding hydrogens is 442 g/mol. The van der Waals surface area contributed by atoms with Crippen molar-refractivity contribution in [1.29, 1.82) is 0 Å². The molecule has 0 bridgehead atoms. The molecule has 3 aromatic carbocycles. The predicted molar refractivity (Wildman–Crippen MR) is 132 cm³/mol. The summed E-state index contributed by atoms with van der Waals surface area (Å²) in [5, 5.41) is 5.65. The summed E-state index contributed by atoms with van der Waals surface area (Å²) < 4.78 is 27.1. The normalized spacial score (nSPS) is 11.2. The Kier molecular flexibility index (Phi) is 7.74. The van der Waals surface area contributed by atoms with E-state index in [2.05, 4.69) is 15.4 Å². The van der Waals surface area contributed by atoms with Gasteiger partial charge in [0.05, 0.1) is 4.90 Å². The minimum absolute atomic E-state index is 0.121. The van der Waals surface area contributed by atoms with Crippen LogP contribution >= 0.6 is 12.2 Å². The molecule has 0 radical (unpaired) electrons. The maximum Gasteiger partial charge on any atom is 0.257 e. The number of anilines is 1. The molecular formula is C24H25N3O3S2. The molecule has 0 aromatic heterocycles. The van der Waals surface area contributed by atoms with E-state index in [0.717, 1.165) is 11.1 Å². The van der Waals surface area contributed by atoms with Gasteiger partial charge in [-0.3, -0.25) is 10.1 Å². The lowest BCUT2D eigenvalue weighted by Crippen LogP contribution is -2.34. The summed E-state index contributed by atoms with van der Waals surface area (Å²) in [6.45, 7) is 4.23. The number of rotatable bonds is 7. The fraction of sp³-hybridized carbons (Fsp3) is 0.167. The zero-order chi connectivity index (χ0) is 23.1. The molecule has 0 aliphatic carbocycles. The molecule has 1 amide bonds. The minimum Gasteiger partial charge on any atom is -0.332 e. The molecule has 0 unspecified atom stereocenters. The fourth-order valence-corrected chi connectivity index (χ4v) is 4.28. The van der Waals surface area contributed by atoms with Crippen molar-refractivity contribution in [2.24, 2.45) is 5.92 Å². The van der Waals surface area contributed by atoms with Gasteiger partial charge in [0.1, 0.15) is 0 Å². The van der Waals surface area contributed by atoms with Gasteiger partial charge in [0, 0.05) is 17.8 Å². The number of amides is 1. The third-order valence-electron chi connectivity index (χ3n) is 4.59.